The molecule has 1 amide bonds. The fourth-order valence-corrected chi connectivity index (χ4v) is 3.26. The van der Waals surface area contributed by atoms with Crippen molar-refractivity contribution < 1.29 is 4.79 Å². The monoisotopic (exact) mass is 527 g/mol. The molecule has 1 aliphatic rings. The molecule has 0 radical (unpaired) electrons. The second-order valence-corrected chi connectivity index (χ2v) is 7.24. The molecule has 1 saturated heterocycles. The van der Waals surface area contributed by atoms with Crippen LogP contribution in [-0.4, -0.2) is 52.8 Å². The van der Waals surface area contributed by atoms with Crippen LogP contribution in [0.4, 0.5) is 0 Å². The summed E-state index contributed by atoms with van der Waals surface area (Å²) in [4.78, 5) is 25.7. The van der Waals surface area contributed by atoms with E-state index in [4.69, 9.17) is 11.6 Å². The van der Waals surface area contributed by atoms with E-state index in [0.717, 1.165) is 36.0 Å². The fraction of sp³-hybridized carbons (Fsp3) is 0.381. The molecule has 0 unspecified atom stereocenters. The SMILES string of the molecule is CCNC(=NCc1cccc(C)n1)N1CCN(Cc2ccc(Cl)cc2)C(=O)C1.I. The van der Waals surface area contributed by atoms with Gasteiger partial charge in [0.2, 0.25) is 5.91 Å². The molecule has 1 aromatic heterocycles. The summed E-state index contributed by atoms with van der Waals surface area (Å²) in [5.41, 5.74) is 2.98. The largest absolute Gasteiger partial charge is 0.356 e. The summed E-state index contributed by atoms with van der Waals surface area (Å²) in [6, 6.07) is 13.6. The number of pyridine rings is 1. The van der Waals surface area contributed by atoms with Crippen molar-refractivity contribution in [3.63, 3.8) is 0 Å². The van der Waals surface area contributed by atoms with Gasteiger partial charge >= 0.3 is 0 Å². The van der Waals surface area contributed by atoms with Gasteiger partial charge in [0.15, 0.2) is 5.96 Å². The van der Waals surface area contributed by atoms with Crippen LogP contribution in [0.3, 0.4) is 0 Å². The van der Waals surface area contributed by atoms with Crippen LogP contribution in [0.1, 0.15) is 23.9 Å². The summed E-state index contributed by atoms with van der Waals surface area (Å²) in [6.45, 7) is 7.56. The summed E-state index contributed by atoms with van der Waals surface area (Å²) < 4.78 is 0. The lowest BCUT2D eigenvalue weighted by Crippen LogP contribution is -2.54. The van der Waals surface area contributed by atoms with E-state index in [1.807, 2.05) is 66.1 Å². The molecule has 8 heteroatoms. The van der Waals surface area contributed by atoms with Gasteiger partial charge in [-0.05, 0) is 43.7 Å². The first-order valence-electron chi connectivity index (χ1n) is 9.53. The number of hydrogen-bond donors (Lipinski definition) is 1. The number of carbonyl (C=O) groups is 1. The van der Waals surface area contributed by atoms with Crippen LogP contribution >= 0.6 is 35.6 Å². The Bertz CT molecular complexity index is 843. The van der Waals surface area contributed by atoms with Crippen molar-refractivity contribution in [2.24, 2.45) is 4.99 Å². The highest BCUT2D eigenvalue weighted by atomic mass is 127. The van der Waals surface area contributed by atoms with Gasteiger partial charge in [-0.3, -0.25) is 9.78 Å². The molecule has 3 rings (SSSR count). The van der Waals surface area contributed by atoms with E-state index in [1.165, 1.54) is 0 Å². The van der Waals surface area contributed by atoms with E-state index in [1.54, 1.807) is 0 Å². The number of halogens is 2. The Labute approximate surface area is 194 Å². The van der Waals surface area contributed by atoms with Crippen molar-refractivity contribution in [1.82, 2.24) is 20.1 Å². The van der Waals surface area contributed by atoms with Crippen LogP contribution in [0, 0.1) is 6.92 Å². The number of nitrogens with one attached hydrogen (secondary N) is 1. The molecular weight excluding hydrogens is 501 g/mol. The number of aromatic nitrogens is 1. The van der Waals surface area contributed by atoms with Gasteiger partial charge in [0.05, 0.1) is 18.8 Å². The van der Waals surface area contributed by atoms with E-state index < -0.39 is 0 Å². The molecule has 2 aromatic rings. The lowest BCUT2D eigenvalue weighted by molar-refractivity contribution is -0.135. The van der Waals surface area contributed by atoms with Gasteiger partial charge in [-0.15, -0.1) is 24.0 Å². The number of rotatable bonds is 5. The third-order valence-electron chi connectivity index (χ3n) is 4.58. The topological polar surface area (TPSA) is 60.8 Å². The Kier molecular flexibility index (Phi) is 9.16. The Morgan fingerprint density at radius 3 is 2.62 bits per heavy atom. The second-order valence-electron chi connectivity index (χ2n) is 6.80. The molecule has 0 atom stereocenters. The summed E-state index contributed by atoms with van der Waals surface area (Å²) in [5, 5.41) is 3.99. The zero-order valence-electron chi connectivity index (χ0n) is 16.8. The zero-order valence-corrected chi connectivity index (χ0v) is 19.9. The molecular formula is C21H27ClIN5O. The molecule has 6 nitrogen and oxygen atoms in total. The van der Waals surface area contributed by atoms with Gasteiger partial charge < -0.3 is 15.1 Å². The quantitative estimate of drug-likeness (QED) is 0.368. The normalized spacial score (nSPS) is 14.6. The van der Waals surface area contributed by atoms with Gasteiger partial charge in [-0.2, -0.15) is 0 Å². The Morgan fingerprint density at radius 1 is 1.21 bits per heavy atom. The molecule has 1 aromatic carbocycles. The average molecular weight is 528 g/mol. The standard InChI is InChI=1S/C21H26ClN5O.HI/c1-3-23-21(24-13-19-6-4-5-16(2)25-19)27-12-11-26(20(28)15-27)14-17-7-9-18(22)10-8-17;/h4-10H,3,11-15H2,1-2H3,(H,23,24);1H. The predicted octanol–water partition coefficient (Wildman–Crippen LogP) is 3.47. The highest BCUT2D eigenvalue weighted by molar-refractivity contribution is 14.0. The number of guanidine groups is 1. The first-order valence-corrected chi connectivity index (χ1v) is 9.91. The molecule has 0 aliphatic carbocycles. The number of nitrogens with zero attached hydrogens (tertiary/aromatic N) is 4. The fourth-order valence-electron chi connectivity index (χ4n) is 3.14. The molecule has 0 spiro atoms. The zero-order chi connectivity index (χ0) is 19.9. The number of piperazine rings is 1. The lowest BCUT2D eigenvalue weighted by Gasteiger charge is -2.36. The number of hydrogen-bond acceptors (Lipinski definition) is 3. The molecule has 1 N–H and O–H groups in total. The molecule has 2 heterocycles. The van der Waals surface area contributed by atoms with Crippen molar-refractivity contribution in [2.45, 2.75) is 26.9 Å². The lowest BCUT2D eigenvalue weighted by atomic mass is 10.2. The molecule has 156 valence electrons. The summed E-state index contributed by atoms with van der Waals surface area (Å²) in [7, 11) is 0. The first kappa shape index (κ1) is 23.4. The molecule has 1 fully saturated rings. The van der Waals surface area contributed by atoms with E-state index in [-0.39, 0.29) is 29.9 Å². The van der Waals surface area contributed by atoms with Crippen LogP contribution in [-0.2, 0) is 17.9 Å². The Morgan fingerprint density at radius 2 is 1.97 bits per heavy atom. The van der Waals surface area contributed by atoms with Crippen LogP contribution in [0.15, 0.2) is 47.5 Å². The summed E-state index contributed by atoms with van der Waals surface area (Å²) >= 11 is 5.94. The smallest absolute Gasteiger partial charge is 0.242 e. The van der Waals surface area contributed by atoms with E-state index in [2.05, 4.69) is 15.3 Å². The maximum absolute atomic E-state index is 12.7. The van der Waals surface area contributed by atoms with Crippen molar-refractivity contribution in [3.8, 4) is 0 Å². The maximum atomic E-state index is 12.7. The van der Waals surface area contributed by atoms with Gasteiger partial charge in [0, 0.05) is 36.9 Å². The van der Waals surface area contributed by atoms with Gasteiger partial charge in [0.25, 0.3) is 0 Å². The predicted molar refractivity (Wildman–Crippen MR) is 128 cm³/mol. The van der Waals surface area contributed by atoms with Crippen LogP contribution in [0.5, 0.6) is 0 Å². The van der Waals surface area contributed by atoms with Gasteiger partial charge in [-0.1, -0.05) is 29.8 Å². The highest BCUT2D eigenvalue weighted by Crippen LogP contribution is 2.14. The van der Waals surface area contributed by atoms with Gasteiger partial charge in [-0.25, -0.2) is 4.99 Å². The van der Waals surface area contributed by atoms with E-state index >= 15 is 0 Å². The van der Waals surface area contributed by atoms with Crippen molar-refractivity contribution >= 4 is 47.4 Å². The van der Waals surface area contributed by atoms with Crippen molar-refractivity contribution in [2.75, 3.05) is 26.2 Å². The second kappa shape index (κ2) is 11.3. The third-order valence-corrected chi connectivity index (χ3v) is 4.83. The third kappa shape index (κ3) is 6.85. The van der Waals surface area contributed by atoms with E-state index in [0.29, 0.717) is 31.2 Å². The van der Waals surface area contributed by atoms with Crippen molar-refractivity contribution in [1.29, 1.82) is 0 Å². The van der Waals surface area contributed by atoms with Crippen LogP contribution < -0.4 is 5.32 Å². The number of aryl methyl sites for hydroxylation is 1. The minimum absolute atomic E-state index is 0. The first-order chi connectivity index (χ1) is 13.5. The average Bonchev–Trinajstić information content (AvgIpc) is 2.68. The summed E-state index contributed by atoms with van der Waals surface area (Å²) in [5.74, 6) is 0.853. The molecule has 0 bridgehead atoms. The van der Waals surface area contributed by atoms with Crippen molar-refractivity contribution in [3.05, 3.63) is 64.4 Å². The van der Waals surface area contributed by atoms with Crippen LogP contribution in [0.25, 0.3) is 0 Å². The minimum atomic E-state index is 0. The van der Waals surface area contributed by atoms with E-state index in [9.17, 15) is 4.79 Å². The summed E-state index contributed by atoms with van der Waals surface area (Å²) in [6.07, 6.45) is 0. The Balaban J connectivity index is 0.00000300. The maximum Gasteiger partial charge on any atom is 0.242 e. The van der Waals surface area contributed by atoms with Gasteiger partial charge in [0.1, 0.15) is 0 Å². The minimum Gasteiger partial charge on any atom is -0.356 e. The number of amides is 1. The Hall–Kier alpha value is -1.87. The van der Waals surface area contributed by atoms with Crippen LogP contribution in [0.2, 0.25) is 5.02 Å². The number of carbonyl (C=O) groups excluding carboxylic acids is 1. The molecule has 1 aliphatic heterocycles. The highest BCUT2D eigenvalue weighted by Gasteiger charge is 2.26. The number of benzene rings is 1. The molecule has 0 saturated carbocycles. The molecule has 29 heavy (non-hydrogen) atoms. The number of aliphatic imine (C=N–C) groups is 1.